The third-order valence-corrected chi connectivity index (χ3v) is 10.9. The van der Waals surface area contributed by atoms with E-state index in [1.807, 2.05) is 48.5 Å². The second-order valence-electron chi connectivity index (χ2n) is 15.4. The van der Waals surface area contributed by atoms with Gasteiger partial charge in [-0.15, -0.1) is 0 Å². The van der Waals surface area contributed by atoms with Crippen molar-refractivity contribution in [3.63, 3.8) is 0 Å². The Hall–Kier alpha value is -6.34. The Balaban J connectivity index is 0.000000165. The molecule has 59 heavy (non-hydrogen) atoms. The van der Waals surface area contributed by atoms with Gasteiger partial charge in [0.15, 0.2) is 16.9 Å². The number of anilines is 3. The summed E-state index contributed by atoms with van der Waals surface area (Å²) in [5.74, 6) is 1.53. The minimum atomic E-state index is -0.496. The number of nitrogen functional groups attached to an aromatic ring is 1. The van der Waals surface area contributed by atoms with Gasteiger partial charge >= 0.3 is 11.4 Å². The smallest absolute Gasteiger partial charge is 0.314 e. The zero-order valence-electron chi connectivity index (χ0n) is 34.2. The molecule has 8 aromatic rings. The Bertz CT molecular complexity index is 2770. The van der Waals surface area contributed by atoms with Gasteiger partial charge in [0, 0.05) is 22.1 Å². The maximum atomic E-state index is 11.8. The fourth-order valence-corrected chi connectivity index (χ4v) is 7.57. The van der Waals surface area contributed by atoms with Crippen LogP contribution in [-0.4, -0.2) is 19.8 Å². The first-order valence-electron chi connectivity index (χ1n) is 19.4. The van der Waals surface area contributed by atoms with E-state index < -0.39 is 9.85 Å². The fourth-order valence-electron chi connectivity index (χ4n) is 7.06. The number of nitrogens with zero attached hydrogens (tertiary/aromatic N) is 4. The molecule has 0 amide bonds. The zero-order valence-corrected chi connectivity index (χ0v) is 35.8. The average molecular weight is 860 g/mol. The number of rotatable bonds is 8. The van der Waals surface area contributed by atoms with Crippen LogP contribution in [-0.2, 0) is 0 Å². The van der Waals surface area contributed by atoms with Crippen LogP contribution in [0, 0.1) is 20.2 Å². The number of nitrogens with two attached hydrogens (primary N) is 1. The van der Waals surface area contributed by atoms with Crippen molar-refractivity contribution in [2.75, 3.05) is 11.1 Å². The molecule has 8 rings (SSSR count). The summed E-state index contributed by atoms with van der Waals surface area (Å²) in [6, 6.07) is 27.4. The third kappa shape index (κ3) is 8.61. The minimum absolute atomic E-state index is 0.100. The van der Waals surface area contributed by atoms with Crippen molar-refractivity contribution in [1.82, 2.24) is 9.97 Å². The fraction of sp³-hybridized carbons (Fsp3) is 0.261. The summed E-state index contributed by atoms with van der Waals surface area (Å²) < 4.78 is 11.9. The molecule has 12 nitrogen and oxygen atoms in total. The molecule has 4 aromatic carbocycles. The summed E-state index contributed by atoms with van der Waals surface area (Å²) in [7, 11) is 0. The second-order valence-corrected chi connectivity index (χ2v) is 16.2. The molecule has 0 aliphatic carbocycles. The number of benzene rings is 4. The topological polar surface area (TPSA) is 176 Å². The third-order valence-electron chi connectivity index (χ3n) is 10.1. The number of hydrogen-bond acceptors (Lipinski definition) is 10. The molecule has 4 heterocycles. The van der Waals surface area contributed by atoms with E-state index in [2.05, 4.69) is 117 Å². The van der Waals surface area contributed by atoms with Crippen LogP contribution in [0.5, 0.6) is 0 Å². The van der Waals surface area contributed by atoms with Gasteiger partial charge in [0.25, 0.3) is 0 Å². The average Bonchev–Trinajstić information content (AvgIpc) is 3.78. The van der Waals surface area contributed by atoms with Crippen molar-refractivity contribution >= 4 is 88.5 Å². The molecule has 0 bridgehead atoms. The Labute approximate surface area is 350 Å². The lowest BCUT2D eigenvalue weighted by Crippen LogP contribution is -2.06. The maximum Gasteiger partial charge on any atom is 0.314 e. The first-order valence-corrected chi connectivity index (χ1v) is 20.2. The number of furan rings is 2. The molecule has 0 unspecified atom stereocenters. The summed E-state index contributed by atoms with van der Waals surface area (Å²) in [6.45, 7) is 17.2. The summed E-state index contributed by atoms with van der Waals surface area (Å²) in [5.41, 5.74) is 16.2. The minimum Gasteiger partial charge on any atom is -0.453 e. The standard InChI is InChI=1S/C23H23N3O3.C12H19N.C11H5BrN2O3/c1-13(2)15-9-7-10-16(14(3)4)20(15)25-22-18(26(27)28)12-24-21-17-8-5-6-11-19(17)29-23(21)22;1-8(2)10-6-5-7-11(9(3)4)12(10)13;12-9-7(14(15)16)5-13-10-6-3-1-2-4-8(6)17-11(9)10/h5-14H,1-4H3,(H,24,25);5-9H,13H2,1-4H3;1-5H. The van der Waals surface area contributed by atoms with Crippen molar-refractivity contribution in [2.45, 2.75) is 79.1 Å². The quantitative estimate of drug-likeness (QED) is 0.0849. The van der Waals surface area contributed by atoms with Gasteiger partial charge in [0.2, 0.25) is 0 Å². The molecule has 0 fully saturated rings. The number of fused-ring (bicyclic) bond motifs is 6. The summed E-state index contributed by atoms with van der Waals surface area (Å²) in [5, 5.41) is 27.6. The van der Waals surface area contributed by atoms with Crippen molar-refractivity contribution in [2.24, 2.45) is 0 Å². The van der Waals surface area contributed by atoms with Crippen LogP contribution < -0.4 is 11.1 Å². The van der Waals surface area contributed by atoms with E-state index >= 15 is 0 Å². The molecule has 0 radical (unpaired) electrons. The number of aromatic nitrogens is 2. The van der Waals surface area contributed by atoms with Crippen molar-refractivity contribution in [3.05, 3.63) is 144 Å². The maximum absolute atomic E-state index is 11.8. The summed E-state index contributed by atoms with van der Waals surface area (Å²) in [4.78, 5) is 30.1. The van der Waals surface area contributed by atoms with Gasteiger partial charge < -0.3 is 19.9 Å². The lowest BCUT2D eigenvalue weighted by atomic mass is 9.92. The normalized spacial score (nSPS) is 11.4. The van der Waals surface area contributed by atoms with E-state index in [0.29, 0.717) is 55.4 Å². The van der Waals surface area contributed by atoms with E-state index in [4.69, 9.17) is 14.6 Å². The van der Waals surface area contributed by atoms with Gasteiger partial charge in [0.05, 0.1) is 9.85 Å². The van der Waals surface area contributed by atoms with Gasteiger partial charge in [-0.05, 0) is 86.1 Å². The van der Waals surface area contributed by atoms with Crippen LogP contribution in [0.1, 0.15) is 101 Å². The van der Waals surface area contributed by atoms with Gasteiger partial charge in [-0.3, -0.25) is 20.2 Å². The lowest BCUT2D eigenvalue weighted by molar-refractivity contribution is -0.385. The highest BCUT2D eigenvalue weighted by molar-refractivity contribution is 9.10. The lowest BCUT2D eigenvalue weighted by Gasteiger charge is -2.20. The molecular formula is C46H47BrN6O6. The van der Waals surface area contributed by atoms with Gasteiger partial charge in [-0.2, -0.15) is 0 Å². The van der Waals surface area contributed by atoms with Gasteiger partial charge in [-0.1, -0.05) is 116 Å². The Morgan fingerprint density at radius 3 is 1.44 bits per heavy atom. The van der Waals surface area contributed by atoms with Crippen molar-refractivity contribution in [1.29, 1.82) is 0 Å². The number of nitrogens with one attached hydrogen (secondary N) is 1. The zero-order chi connectivity index (χ0) is 42.7. The highest BCUT2D eigenvalue weighted by atomic mass is 79.9. The van der Waals surface area contributed by atoms with Gasteiger partial charge in [0.1, 0.15) is 39.1 Å². The van der Waals surface area contributed by atoms with Crippen LogP contribution in [0.4, 0.5) is 28.4 Å². The largest absolute Gasteiger partial charge is 0.453 e. The molecule has 0 spiro atoms. The molecular weight excluding hydrogens is 812 g/mol. The molecule has 4 aromatic heterocycles. The van der Waals surface area contributed by atoms with E-state index in [9.17, 15) is 20.2 Å². The molecule has 3 N–H and O–H groups in total. The molecule has 13 heteroatoms. The van der Waals surface area contributed by atoms with Crippen LogP contribution in [0.25, 0.3) is 44.1 Å². The van der Waals surface area contributed by atoms with Crippen LogP contribution >= 0.6 is 15.9 Å². The predicted octanol–water partition coefficient (Wildman–Crippen LogP) is 14.0. The summed E-state index contributed by atoms with van der Waals surface area (Å²) >= 11 is 3.19. The molecule has 0 saturated carbocycles. The van der Waals surface area contributed by atoms with E-state index in [-0.39, 0.29) is 23.2 Å². The monoisotopic (exact) mass is 858 g/mol. The SMILES string of the molecule is CC(C)c1cccc(C(C)C)c1N.CC(C)c1cccc(C(C)C)c1Nc1c([N+](=O)[O-])cnc2c1oc1ccccc12.O=[N+]([O-])c1cnc2c(oc3ccccc32)c1Br. The first kappa shape index (κ1) is 42.3. The number of pyridine rings is 2. The predicted molar refractivity (Wildman–Crippen MR) is 241 cm³/mol. The molecule has 0 aliphatic rings. The van der Waals surface area contributed by atoms with Gasteiger partial charge in [-0.25, -0.2) is 9.97 Å². The van der Waals surface area contributed by atoms with Crippen molar-refractivity contribution in [3.8, 4) is 0 Å². The van der Waals surface area contributed by atoms with Crippen LogP contribution in [0.15, 0.2) is 111 Å². The Morgan fingerprint density at radius 2 is 0.983 bits per heavy atom. The highest BCUT2D eigenvalue weighted by Crippen LogP contribution is 2.42. The Kier molecular flexibility index (Phi) is 12.6. The van der Waals surface area contributed by atoms with E-state index in [1.54, 1.807) is 6.07 Å². The van der Waals surface area contributed by atoms with E-state index in [1.165, 1.54) is 23.5 Å². The molecule has 0 saturated heterocycles. The Morgan fingerprint density at radius 1 is 0.576 bits per heavy atom. The number of nitro groups is 2. The van der Waals surface area contributed by atoms with Crippen LogP contribution in [0.2, 0.25) is 0 Å². The number of halogens is 1. The second kappa shape index (κ2) is 17.7. The first-order chi connectivity index (χ1) is 28.1. The molecule has 304 valence electrons. The van der Waals surface area contributed by atoms with Crippen molar-refractivity contribution < 1.29 is 18.7 Å². The highest BCUT2D eigenvalue weighted by Gasteiger charge is 2.26. The summed E-state index contributed by atoms with van der Waals surface area (Å²) in [6.07, 6.45) is 2.54. The number of hydrogen-bond donors (Lipinski definition) is 2. The molecule has 0 atom stereocenters. The van der Waals surface area contributed by atoms with Crippen LogP contribution in [0.3, 0.4) is 0 Å². The number of para-hydroxylation sites is 4. The van der Waals surface area contributed by atoms with E-state index in [0.717, 1.165) is 33.3 Å². The molecule has 0 aliphatic heterocycles.